The topological polar surface area (TPSA) is 90.2 Å². The minimum Gasteiger partial charge on any atom is -0.325 e. The van der Waals surface area contributed by atoms with E-state index in [2.05, 4.69) is 5.32 Å². The van der Waals surface area contributed by atoms with Crippen LogP contribution in [0.15, 0.2) is 70.6 Å². The van der Waals surface area contributed by atoms with Gasteiger partial charge in [-0.15, -0.1) is 0 Å². The molecule has 0 radical (unpaired) electrons. The zero-order valence-electron chi connectivity index (χ0n) is 14.3. The summed E-state index contributed by atoms with van der Waals surface area (Å²) >= 11 is 5.76. The maximum Gasteiger partial charge on any atom is 0.342 e. The molecule has 0 fully saturated rings. The van der Waals surface area contributed by atoms with E-state index in [1.807, 2.05) is 13.0 Å². The molecule has 2 aromatic carbocycles. The molecule has 0 saturated carbocycles. The molecule has 0 aliphatic heterocycles. The summed E-state index contributed by atoms with van der Waals surface area (Å²) in [5.74, 6) is -0.440. The van der Waals surface area contributed by atoms with Crippen LogP contribution in [0.5, 0.6) is 0 Å². The molecular weight excluding hydrogens is 390 g/mol. The van der Waals surface area contributed by atoms with Crippen molar-refractivity contribution < 1.29 is 13.2 Å². The number of rotatable bonds is 5. The van der Waals surface area contributed by atoms with Gasteiger partial charge >= 0.3 is 5.69 Å². The highest BCUT2D eigenvalue weighted by molar-refractivity contribution is 7.90. The third-order valence-corrected chi connectivity index (χ3v) is 5.72. The second-order valence-electron chi connectivity index (χ2n) is 5.88. The van der Waals surface area contributed by atoms with Crippen LogP contribution in [0.3, 0.4) is 0 Å². The molecule has 1 heterocycles. The van der Waals surface area contributed by atoms with E-state index >= 15 is 0 Å². The third-order valence-electron chi connectivity index (χ3n) is 3.80. The maximum absolute atomic E-state index is 12.6. The number of nitrogens with zero attached hydrogens (tertiary/aromatic N) is 2. The van der Waals surface area contributed by atoms with E-state index in [0.29, 0.717) is 14.7 Å². The molecular formula is C18H16ClN3O4S. The van der Waals surface area contributed by atoms with Gasteiger partial charge in [0.15, 0.2) is 0 Å². The highest BCUT2D eigenvalue weighted by atomic mass is 35.5. The number of hydrogen-bond acceptors (Lipinski definition) is 4. The van der Waals surface area contributed by atoms with Gasteiger partial charge in [-0.2, -0.15) is 3.97 Å². The summed E-state index contributed by atoms with van der Waals surface area (Å²) in [6.07, 6.45) is 2.37. The summed E-state index contributed by atoms with van der Waals surface area (Å²) in [5.41, 5.74) is 0.746. The Morgan fingerprint density at radius 2 is 1.81 bits per heavy atom. The normalized spacial score (nSPS) is 11.3. The van der Waals surface area contributed by atoms with Gasteiger partial charge in [0.25, 0.3) is 10.0 Å². The van der Waals surface area contributed by atoms with E-state index in [9.17, 15) is 18.0 Å². The smallest absolute Gasteiger partial charge is 0.325 e. The van der Waals surface area contributed by atoms with Crippen LogP contribution in [0.1, 0.15) is 5.56 Å². The molecule has 1 aromatic heterocycles. The van der Waals surface area contributed by atoms with Gasteiger partial charge in [-0.25, -0.2) is 13.2 Å². The molecule has 7 nitrogen and oxygen atoms in total. The van der Waals surface area contributed by atoms with Gasteiger partial charge in [-0.05, 0) is 48.9 Å². The molecule has 0 bridgehead atoms. The Labute approximate surface area is 160 Å². The Bertz CT molecular complexity index is 1150. The highest BCUT2D eigenvalue weighted by Crippen LogP contribution is 2.16. The number of carbonyl (C=O) groups excluding carboxylic acids is 1. The van der Waals surface area contributed by atoms with Gasteiger partial charge < -0.3 is 5.32 Å². The minimum atomic E-state index is -4.07. The Kier molecular flexibility index (Phi) is 5.20. The van der Waals surface area contributed by atoms with Crippen LogP contribution >= 0.6 is 11.6 Å². The van der Waals surface area contributed by atoms with Crippen LogP contribution in [0.2, 0.25) is 5.02 Å². The first-order chi connectivity index (χ1) is 12.8. The summed E-state index contributed by atoms with van der Waals surface area (Å²) in [6, 6.07) is 12.7. The van der Waals surface area contributed by atoms with E-state index < -0.39 is 21.6 Å². The van der Waals surface area contributed by atoms with Crippen molar-refractivity contribution in [1.29, 1.82) is 0 Å². The van der Waals surface area contributed by atoms with E-state index in [-0.39, 0.29) is 11.4 Å². The van der Waals surface area contributed by atoms with E-state index in [1.54, 1.807) is 18.2 Å². The zero-order valence-corrected chi connectivity index (χ0v) is 15.9. The molecule has 0 spiro atoms. The van der Waals surface area contributed by atoms with Crippen molar-refractivity contribution in [3.05, 3.63) is 82.0 Å². The number of nitrogens with one attached hydrogen (secondary N) is 1. The second kappa shape index (κ2) is 7.42. The number of imidazole rings is 1. The molecule has 140 valence electrons. The van der Waals surface area contributed by atoms with Crippen LogP contribution in [0, 0.1) is 6.92 Å². The van der Waals surface area contributed by atoms with Crippen molar-refractivity contribution in [3.63, 3.8) is 0 Å². The van der Waals surface area contributed by atoms with Crippen molar-refractivity contribution in [1.82, 2.24) is 8.54 Å². The molecule has 1 amide bonds. The number of halogens is 1. The molecule has 0 aliphatic carbocycles. The number of benzene rings is 2. The molecule has 27 heavy (non-hydrogen) atoms. The van der Waals surface area contributed by atoms with E-state index in [1.165, 1.54) is 30.5 Å². The highest BCUT2D eigenvalue weighted by Gasteiger charge is 2.21. The van der Waals surface area contributed by atoms with Crippen LogP contribution in [0.4, 0.5) is 5.69 Å². The lowest BCUT2D eigenvalue weighted by Gasteiger charge is -2.07. The molecule has 3 rings (SSSR count). The monoisotopic (exact) mass is 405 g/mol. The minimum absolute atomic E-state index is 0.0732. The number of carbonyl (C=O) groups is 1. The van der Waals surface area contributed by atoms with E-state index in [4.69, 9.17) is 11.6 Å². The lowest BCUT2D eigenvalue weighted by molar-refractivity contribution is -0.116. The van der Waals surface area contributed by atoms with Crippen LogP contribution in [0.25, 0.3) is 0 Å². The van der Waals surface area contributed by atoms with Crippen molar-refractivity contribution in [2.75, 3.05) is 5.32 Å². The van der Waals surface area contributed by atoms with Crippen LogP contribution < -0.4 is 11.0 Å². The van der Waals surface area contributed by atoms with Gasteiger partial charge in [-0.1, -0.05) is 23.7 Å². The number of hydrogen-bond donors (Lipinski definition) is 1. The fourth-order valence-corrected chi connectivity index (χ4v) is 3.85. The third kappa shape index (κ3) is 4.12. The maximum atomic E-state index is 12.6. The lowest BCUT2D eigenvalue weighted by atomic mass is 10.2. The average molecular weight is 406 g/mol. The Hall–Kier alpha value is -2.84. The largest absolute Gasteiger partial charge is 0.342 e. The fraction of sp³-hybridized carbons (Fsp3) is 0.111. The van der Waals surface area contributed by atoms with Crippen LogP contribution in [-0.2, 0) is 21.4 Å². The molecule has 0 atom stereocenters. The van der Waals surface area contributed by atoms with Crippen molar-refractivity contribution in [3.8, 4) is 0 Å². The summed E-state index contributed by atoms with van der Waals surface area (Å²) in [7, 11) is -4.07. The summed E-state index contributed by atoms with van der Waals surface area (Å²) in [5, 5.41) is 3.05. The predicted molar refractivity (Wildman–Crippen MR) is 103 cm³/mol. The summed E-state index contributed by atoms with van der Waals surface area (Å²) in [6.45, 7) is 1.58. The van der Waals surface area contributed by atoms with Gasteiger partial charge in [0.2, 0.25) is 5.91 Å². The van der Waals surface area contributed by atoms with Gasteiger partial charge in [0, 0.05) is 23.1 Å². The number of anilines is 1. The predicted octanol–water partition coefficient (Wildman–Crippen LogP) is 2.49. The zero-order chi connectivity index (χ0) is 19.6. The van der Waals surface area contributed by atoms with Gasteiger partial charge in [-0.3, -0.25) is 9.36 Å². The molecule has 0 saturated heterocycles. The Morgan fingerprint density at radius 1 is 1.11 bits per heavy atom. The fourth-order valence-electron chi connectivity index (χ4n) is 2.50. The Balaban J connectivity index is 1.82. The summed E-state index contributed by atoms with van der Waals surface area (Å²) < 4.78 is 26.8. The molecule has 1 N–H and O–H groups in total. The number of aryl methyl sites for hydroxylation is 1. The van der Waals surface area contributed by atoms with Crippen molar-refractivity contribution in [2.45, 2.75) is 18.4 Å². The molecule has 9 heteroatoms. The standard InChI is InChI=1S/C18H16ClN3O4S/c1-13-3-2-4-15(11-13)20-17(23)12-21-9-10-22(18(21)24)27(25,26)16-7-5-14(19)6-8-16/h2-11H,12H2,1H3,(H,20,23). The number of aromatic nitrogens is 2. The quantitative estimate of drug-likeness (QED) is 0.706. The summed E-state index contributed by atoms with van der Waals surface area (Å²) in [4.78, 5) is 24.5. The SMILES string of the molecule is Cc1cccc(NC(=O)Cn2ccn(S(=O)(=O)c3ccc(Cl)cc3)c2=O)c1. The second-order valence-corrected chi connectivity index (χ2v) is 8.13. The Morgan fingerprint density at radius 3 is 2.48 bits per heavy atom. The number of amides is 1. The lowest BCUT2D eigenvalue weighted by Crippen LogP contribution is -2.32. The van der Waals surface area contributed by atoms with Gasteiger partial charge in [0.05, 0.1) is 4.90 Å². The molecule has 0 aliphatic rings. The first kappa shape index (κ1) is 18.9. The first-order valence-electron chi connectivity index (χ1n) is 7.93. The van der Waals surface area contributed by atoms with Crippen molar-refractivity contribution in [2.24, 2.45) is 0 Å². The van der Waals surface area contributed by atoms with Gasteiger partial charge in [0.1, 0.15) is 6.54 Å². The van der Waals surface area contributed by atoms with Crippen molar-refractivity contribution >= 4 is 33.2 Å². The first-order valence-corrected chi connectivity index (χ1v) is 9.74. The van der Waals surface area contributed by atoms with E-state index in [0.717, 1.165) is 16.3 Å². The molecule has 3 aromatic rings. The average Bonchev–Trinajstić information content (AvgIpc) is 2.96. The molecule has 0 unspecified atom stereocenters. The van der Waals surface area contributed by atoms with Crippen LogP contribution in [-0.4, -0.2) is 22.9 Å².